The summed E-state index contributed by atoms with van der Waals surface area (Å²) >= 11 is 1.37. The molecule has 7 nitrogen and oxygen atoms in total. The molecule has 146 valence electrons. The van der Waals surface area contributed by atoms with E-state index in [9.17, 15) is 9.59 Å². The van der Waals surface area contributed by atoms with Crippen LogP contribution in [-0.2, 0) is 11.3 Å². The summed E-state index contributed by atoms with van der Waals surface area (Å²) in [7, 11) is 1.71. The number of amides is 1. The van der Waals surface area contributed by atoms with Crippen molar-refractivity contribution < 1.29 is 4.79 Å². The Balaban J connectivity index is 1.57. The number of benzene rings is 1. The van der Waals surface area contributed by atoms with Crippen LogP contribution in [0.5, 0.6) is 0 Å². The summed E-state index contributed by atoms with van der Waals surface area (Å²) < 4.78 is 1.87. The second kappa shape index (κ2) is 7.71. The lowest BCUT2D eigenvalue weighted by molar-refractivity contribution is -0.118. The van der Waals surface area contributed by atoms with Gasteiger partial charge in [0.1, 0.15) is 17.6 Å². The van der Waals surface area contributed by atoms with E-state index in [1.54, 1.807) is 11.9 Å². The number of thiazole rings is 1. The Labute approximate surface area is 167 Å². The number of rotatable bonds is 4. The SMILES string of the molecule is C[C@H]1CCCN(c2nc3ncn(CC(=O)N(C)c4ccccc4)c(=O)c3s2)C1. The van der Waals surface area contributed by atoms with Crippen LogP contribution in [-0.4, -0.2) is 40.6 Å². The lowest BCUT2D eigenvalue weighted by Crippen LogP contribution is -2.34. The minimum absolute atomic E-state index is 0.0544. The highest BCUT2D eigenvalue weighted by atomic mass is 32.1. The first kappa shape index (κ1) is 18.6. The zero-order chi connectivity index (χ0) is 19.7. The van der Waals surface area contributed by atoms with Crippen LogP contribution in [0.4, 0.5) is 10.8 Å². The number of fused-ring (bicyclic) bond motifs is 1. The van der Waals surface area contributed by atoms with E-state index in [2.05, 4.69) is 21.8 Å². The second-order valence-electron chi connectivity index (χ2n) is 7.31. The molecule has 8 heteroatoms. The number of para-hydroxylation sites is 1. The van der Waals surface area contributed by atoms with Crippen molar-refractivity contribution in [3.63, 3.8) is 0 Å². The maximum Gasteiger partial charge on any atom is 0.273 e. The number of likely N-dealkylation sites (N-methyl/N-ethyl adjacent to an activating group) is 1. The molecule has 1 fully saturated rings. The first-order valence-corrected chi connectivity index (χ1v) is 10.3. The van der Waals surface area contributed by atoms with Gasteiger partial charge in [-0.3, -0.25) is 14.2 Å². The van der Waals surface area contributed by atoms with E-state index in [0.29, 0.717) is 16.3 Å². The zero-order valence-corrected chi connectivity index (χ0v) is 16.9. The van der Waals surface area contributed by atoms with Crippen molar-refractivity contribution in [2.45, 2.75) is 26.3 Å². The van der Waals surface area contributed by atoms with Crippen LogP contribution in [0.3, 0.4) is 0 Å². The van der Waals surface area contributed by atoms with E-state index < -0.39 is 0 Å². The van der Waals surface area contributed by atoms with Gasteiger partial charge in [-0.15, -0.1) is 0 Å². The van der Waals surface area contributed by atoms with Gasteiger partial charge >= 0.3 is 0 Å². The lowest BCUT2D eigenvalue weighted by atomic mass is 10.0. The monoisotopic (exact) mass is 397 g/mol. The van der Waals surface area contributed by atoms with Gasteiger partial charge in [0.15, 0.2) is 10.8 Å². The normalized spacial score (nSPS) is 17.1. The van der Waals surface area contributed by atoms with Crippen LogP contribution in [0.25, 0.3) is 10.3 Å². The highest BCUT2D eigenvalue weighted by molar-refractivity contribution is 7.22. The average Bonchev–Trinajstić information content (AvgIpc) is 3.15. The molecule has 1 aliphatic rings. The number of hydrogen-bond acceptors (Lipinski definition) is 6. The van der Waals surface area contributed by atoms with Crippen molar-refractivity contribution in [3.8, 4) is 0 Å². The van der Waals surface area contributed by atoms with Gasteiger partial charge in [0.25, 0.3) is 5.56 Å². The largest absolute Gasteiger partial charge is 0.348 e. The molecule has 0 N–H and O–H groups in total. The number of carbonyl (C=O) groups excluding carboxylic acids is 1. The van der Waals surface area contributed by atoms with Gasteiger partial charge in [-0.25, -0.2) is 4.98 Å². The number of aromatic nitrogens is 3. The third-order valence-corrected chi connectivity index (χ3v) is 6.22. The predicted octanol–water partition coefficient (Wildman–Crippen LogP) is 2.75. The van der Waals surface area contributed by atoms with E-state index in [1.807, 2.05) is 30.3 Å². The van der Waals surface area contributed by atoms with Gasteiger partial charge < -0.3 is 9.80 Å². The quantitative estimate of drug-likeness (QED) is 0.677. The van der Waals surface area contributed by atoms with E-state index in [0.717, 1.165) is 30.3 Å². The fourth-order valence-electron chi connectivity index (χ4n) is 3.49. The second-order valence-corrected chi connectivity index (χ2v) is 8.29. The maximum absolute atomic E-state index is 12.9. The van der Waals surface area contributed by atoms with Crippen LogP contribution in [0.1, 0.15) is 19.8 Å². The molecule has 2 aromatic heterocycles. The van der Waals surface area contributed by atoms with E-state index in [1.165, 1.54) is 28.7 Å². The summed E-state index contributed by atoms with van der Waals surface area (Å²) in [5, 5.41) is 0.844. The Bertz CT molecular complexity index is 1050. The summed E-state index contributed by atoms with van der Waals surface area (Å²) in [5.74, 6) is 0.445. The molecule has 1 amide bonds. The Kier molecular flexibility index (Phi) is 5.13. The molecule has 0 spiro atoms. The molecule has 0 radical (unpaired) electrons. The minimum Gasteiger partial charge on any atom is -0.348 e. The van der Waals surface area contributed by atoms with Crippen molar-refractivity contribution >= 4 is 38.4 Å². The number of hydrogen-bond donors (Lipinski definition) is 0. The summed E-state index contributed by atoms with van der Waals surface area (Å²) in [6, 6.07) is 9.36. The molecule has 0 bridgehead atoms. The van der Waals surface area contributed by atoms with Gasteiger partial charge in [-0.1, -0.05) is 36.5 Å². The third kappa shape index (κ3) is 3.64. The highest BCUT2D eigenvalue weighted by Crippen LogP contribution is 2.29. The molecular weight excluding hydrogens is 374 g/mol. The predicted molar refractivity (Wildman–Crippen MR) is 112 cm³/mol. The summed E-state index contributed by atoms with van der Waals surface area (Å²) in [6.07, 6.45) is 3.78. The zero-order valence-electron chi connectivity index (χ0n) is 16.0. The van der Waals surface area contributed by atoms with Crippen LogP contribution in [0, 0.1) is 5.92 Å². The average molecular weight is 398 g/mol. The first-order chi connectivity index (χ1) is 13.5. The van der Waals surface area contributed by atoms with Gasteiger partial charge in [-0.2, -0.15) is 4.98 Å². The third-order valence-electron chi connectivity index (χ3n) is 5.12. The Morgan fingerprint density at radius 3 is 2.86 bits per heavy atom. The van der Waals surface area contributed by atoms with E-state index in [-0.39, 0.29) is 18.0 Å². The molecule has 3 heterocycles. The summed E-state index contributed by atoms with van der Waals surface area (Å²) in [6.45, 7) is 4.09. The summed E-state index contributed by atoms with van der Waals surface area (Å²) in [5.41, 5.74) is 1.03. The van der Waals surface area contributed by atoms with Crippen LogP contribution in [0.15, 0.2) is 41.5 Å². The van der Waals surface area contributed by atoms with Crippen molar-refractivity contribution in [1.29, 1.82) is 0 Å². The number of piperidine rings is 1. The molecule has 3 aromatic rings. The molecule has 28 heavy (non-hydrogen) atoms. The van der Waals surface area contributed by atoms with Crippen molar-refractivity contribution in [2.75, 3.05) is 29.9 Å². The lowest BCUT2D eigenvalue weighted by Gasteiger charge is -2.30. The van der Waals surface area contributed by atoms with Crippen molar-refractivity contribution in [2.24, 2.45) is 5.92 Å². The summed E-state index contributed by atoms with van der Waals surface area (Å²) in [4.78, 5) is 38.2. The van der Waals surface area contributed by atoms with Gasteiger partial charge in [0, 0.05) is 25.8 Å². The molecular formula is C20H23N5O2S. The fraction of sp³-hybridized carbons (Fsp3) is 0.400. The number of carbonyl (C=O) groups is 1. The number of anilines is 2. The van der Waals surface area contributed by atoms with E-state index >= 15 is 0 Å². The van der Waals surface area contributed by atoms with Gasteiger partial charge in [-0.05, 0) is 30.9 Å². The Hall–Kier alpha value is -2.74. The molecule has 1 aromatic carbocycles. The maximum atomic E-state index is 12.9. The molecule has 0 aliphatic carbocycles. The fourth-order valence-corrected chi connectivity index (χ4v) is 4.50. The highest BCUT2D eigenvalue weighted by Gasteiger charge is 2.21. The van der Waals surface area contributed by atoms with Gasteiger partial charge in [0.2, 0.25) is 5.91 Å². The number of nitrogens with zero attached hydrogens (tertiary/aromatic N) is 5. The molecule has 0 saturated carbocycles. The Morgan fingerprint density at radius 1 is 1.32 bits per heavy atom. The molecule has 4 rings (SSSR count). The van der Waals surface area contributed by atoms with Gasteiger partial charge in [0.05, 0.1) is 0 Å². The van der Waals surface area contributed by atoms with Crippen LogP contribution >= 0.6 is 11.3 Å². The Morgan fingerprint density at radius 2 is 2.11 bits per heavy atom. The smallest absolute Gasteiger partial charge is 0.273 e. The van der Waals surface area contributed by atoms with Crippen molar-refractivity contribution in [3.05, 3.63) is 47.0 Å². The minimum atomic E-state index is -0.214. The molecule has 1 aliphatic heterocycles. The van der Waals surface area contributed by atoms with Crippen LogP contribution < -0.4 is 15.4 Å². The van der Waals surface area contributed by atoms with E-state index in [4.69, 9.17) is 0 Å². The molecule has 1 atom stereocenters. The standard InChI is InChI=1S/C20H23N5O2S/c1-14-7-6-10-24(11-14)20-22-18-17(28-20)19(27)25(13-21-18)12-16(26)23(2)15-8-4-3-5-9-15/h3-5,8-9,13-14H,6-7,10-12H2,1-2H3/t14-/m0/s1. The topological polar surface area (TPSA) is 71.3 Å². The van der Waals surface area contributed by atoms with Crippen molar-refractivity contribution in [1.82, 2.24) is 14.5 Å². The first-order valence-electron chi connectivity index (χ1n) is 9.45. The molecule has 1 saturated heterocycles. The van der Waals surface area contributed by atoms with Crippen LogP contribution in [0.2, 0.25) is 0 Å². The molecule has 0 unspecified atom stereocenters.